The number of ether oxygens (including phenoxy) is 6. The molecule has 1 N–H and O–H groups in total. The van der Waals surface area contributed by atoms with Crippen molar-refractivity contribution in [2.45, 2.75) is 0 Å². The van der Waals surface area contributed by atoms with Crippen molar-refractivity contribution >= 4 is 17.9 Å². The van der Waals surface area contributed by atoms with Gasteiger partial charge in [0, 0.05) is 23.3 Å². The summed E-state index contributed by atoms with van der Waals surface area (Å²) >= 11 is 0. The molecule has 0 aromatic heterocycles. The Morgan fingerprint density at radius 3 is 1.24 bits per heavy atom. The topological polar surface area (TPSA) is 76.9 Å². The van der Waals surface area contributed by atoms with Crippen molar-refractivity contribution in [1.82, 2.24) is 0 Å². The molecule has 0 amide bonds. The molecule has 2 aromatic rings. The van der Waals surface area contributed by atoms with E-state index in [4.69, 9.17) is 28.4 Å². The van der Waals surface area contributed by atoms with Crippen molar-refractivity contribution in [1.29, 1.82) is 0 Å². The van der Waals surface area contributed by atoms with Gasteiger partial charge in [-0.3, -0.25) is 4.79 Å². The Morgan fingerprint density at radius 1 is 0.588 bits per heavy atom. The third kappa shape index (κ3) is 5.12. The van der Waals surface area contributed by atoms with E-state index >= 15 is 0 Å². The predicted octanol–water partition coefficient (Wildman–Crippen LogP) is 2.30. The molecule has 2 aromatic carbocycles. The van der Waals surface area contributed by atoms with Gasteiger partial charge in [0.25, 0.3) is 0 Å². The summed E-state index contributed by atoms with van der Waals surface area (Å²) in [7, 11) is 11.5. The summed E-state index contributed by atoms with van der Waals surface area (Å²) in [4.78, 5) is 14.7. The molecule has 0 radical (unpaired) electrons. The molecular formula is C26H32NO7+. The number of hydrogen-bond donors (Lipinski definition) is 1. The number of carbonyl (C=O) groups excluding carboxylic acids is 1. The van der Waals surface area contributed by atoms with E-state index in [0.29, 0.717) is 58.7 Å². The van der Waals surface area contributed by atoms with E-state index in [9.17, 15) is 4.79 Å². The quantitative estimate of drug-likeness (QED) is 0.594. The van der Waals surface area contributed by atoms with Crippen LogP contribution < -0.4 is 33.3 Å². The van der Waals surface area contributed by atoms with Gasteiger partial charge in [-0.2, -0.15) is 0 Å². The van der Waals surface area contributed by atoms with Crippen LogP contribution in [0.2, 0.25) is 0 Å². The Hall–Kier alpha value is -3.65. The van der Waals surface area contributed by atoms with Crippen molar-refractivity contribution in [2.75, 3.05) is 62.8 Å². The van der Waals surface area contributed by atoms with Gasteiger partial charge < -0.3 is 33.3 Å². The lowest BCUT2D eigenvalue weighted by atomic mass is 9.94. The van der Waals surface area contributed by atoms with E-state index in [1.807, 2.05) is 31.3 Å². The van der Waals surface area contributed by atoms with Crippen LogP contribution in [0.1, 0.15) is 11.1 Å². The molecule has 8 heteroatoms. The Labute approximate surface area is 200 Å². The van der Waals surface area contributed by atoms with Gasteiger partial charge in [-0.25, -0.2) is 0 Å². The van der Waals surface area contributed by atoms with Crippen molar-refractivity contribution in [3.8, 4) is 34.5 Å². The number of likely N-dealkylation sites (N-methyl/N-ethyl adjacent to an activating group) is 1. The van der Waals surface area contributed by atoms with Crippen LogP contribution in [0.15, 0.2) is 35.4 Å². The first kappa shape index (κ1) is 25.0. The highest BCUT2D eigenvalue weighted by Crippen LogP contribution is 2.37. The number of nitrogens with one attached hydrogen (secondary N) is 1. The number of quaternary nitrogens is 1. The highest BCUT2D eigenvalue weighted by Gasteiger charge is 2.28. The lowest BCUT2D eigenvalue weighted by Gasteiger charge is -2.24. The van der Waals surface area contributed by atoms with Crippen LogP contribution in [0.4, 0.5) is 0 Å². The summed E-state index contributed by atoms with van der Waals surface area (Å²) in [5.74, 6) is 3.39. The molecule has 1 unspecified atom stereocenters. The first-order chi connectivity index (χ1) is 16.4. The van der Waals surface area contributed by atoms with Gasteiger partial charge in [0.2, 0.25) is 0 Å². The van der Waals surface area contributed by atoms with Gasteiger partial charge >= 0.3 is 0 Å². The first-order valence-corrected chi connectivity index (χ1v) is 10.8. The van der Waals surface area contributed by atoms with Gasteiger partial charge in [-0.15, -0.1) is 0 Å². The van der Waals surface area contributed by atoms with Gasteiger partial charge in [0.05, 0.1) is 60.9 Å². The van der Waals surface area contributed by atoms with E-state index in [-0.39, 0.29) is 5.78 Å². The van der Waals surface area contributed by atoms with E-state index in [2.05, 4.69) is 0 Å². The number of piperidine rings is 1. The molecule has 1 saturated heterocycles. The normalized spacial score (nSPS) is 18.1. The van der Waals surface area contributed by atoms with Crippen LogP contribution in [-0.4, -0.2) is 68.6 Å². The zero-order chi connectivity index (χ0) is 24.8. The first-order valence-electron chi connectivity index (χ1n) is 10.8. The number of Topliss-reactive ketones (excluding diaryl/α,β-unsaturated/α-hetero) is 1. The number of likely N-dealkylation sites (tertiary alicyclic amines) is 1. The lowest BCUT2D eigenvalue weighted by molar-refractivity contribution is -0.870. The molecule has 1 heterocycles. The van der Waals surface area contributed by atoms with Crippen LogP contribution in [0.3, 0.4) is 0 Å². The maximum absolute atomic E-state index is 13.5. The highest BCUT2D eigenvalue weighted by molar-refractivity contribution is 6.14. The molecule has 1 aliphatic rings. The average Bonchev–Trinajstić information content (AvgIpc) is 2.85. The Morgan fingerprint density at radius 2 is 0.912 bits per heavy atom. The van der Waals surface area contributed by atoms with Crippen LogP contribution in [0.25, 0.3) is 12.2 Å². The number of carbonyl (C=O) groups is 1. The zero-order valence-corrected chi connectivity index (χ0v) is 20.7. The van der Waals surface area contributed by atoms with Crippen LogP contribution in [0.5, 0.6) is 34.5 Å². The summed E-state index contributed by atoms with van der Waals surface area (Å²) in [5.41, 5.74) is 2.81. The molecule has 0 saturated carbocycles. The molecule has 34 heavy (non-hydrogen) atoms. The molecule has 0 aliphatic carbocycles. The fourth-order valence-corrected chi connectivity index (χ4v) is 4.02. The highest BCUT2D eigenvalue weighted by atomic mass is 16.5. The third-order valence-corrected chi connectivity index (χ3v) is 5.70. The second-order valence-corrected chi connectivity index (χ2v) is 7.88. The summed E-state index contributed by atoms with van der Waals surface area (Å²) in [6, 6.07) is 7.12. The maximum Gasteiger partial charge on any atom is 0.196 e. The summed E-state index contributed by atoms with van der Waals surface area (Å²) in [6.45, 7) is 1.16. The molecule has 3 rings (SSSR count). The molecular weight excluding hydrogens is 438 g/mol. The number of ketones is 1. The van der Waals surface area contributed by atoms with Crippen molar-refractivity contribution in [2.24, 2.45) is 0 Å². The zero-order valence-electron chi connectivity index (χ0n) is 20.7. The average molecular weight is 471 g/mol. The second kappa shape index (κ2) is 11.0. The minimum absolute atomic E-state index is 0.0284. The largest absolute Gasteiger partial charge is 0.496 e. The van der Waals surface area contributed by atoms with E-state index in [0.717, 1.165) is 11.1 Å². The third-order valence-electron chi connectivity index (χ3n) is 5.70. The lowest BCUT2D eigenvalue weighted by Crippen LogP contribution is -3.10. The van der Waals surface area contributed by atoms with Crippen molar-refractivity contribution in [3.63, 3.8) is 0 Å². The van der Waals surface area contributed by atoms with E-state index in [1.165, 1.54) is 4.90 Å². The number of methoxy groups -OCH3 is 6. The van der Waals surface area contributed by atoms with E-state index < -0.39 is 0 Å². The summed E-state index contributed by atoms with van der Waals surface area (Å²) in [5, 5.41) is 0. The van der Waals surface area contributed by atoms with Gasteiger partial charge in [0.1, 0.15) is 24.6 Å². The minimum atomic E-state index is -0.0284. The van der Waals surface area contributed by atoms with Crippen LogP contribution in [0, 0.1) is 0 Å². The summed E-state index contributed by atoms with van der Waals surface area (Å²) in [6.07, 6.45) is 3.71. The Kier molecular flexibility index (Phi) is 8.07. The van der Waals surface area contributed by atoms with E-state index in [1.54, 1.807) is 54.8 Å². The SMILES string of the molecule is COc1cc(OC)c(OC)cc1/C=C1/C[NH+](C)C/C(=C\c2cc(OC)c(OC)cc2OC)C1=O. The molecule has 1 fully saturated rings. The predicted molar refractivity (Wildman–Crippen MR) is 130 cm³/mol. The Balaban J connectivity index is 2.07. The monoisotopic (exact) mass is 470 g/mol. The van der Waals surface area contributed by atoms with Gasteiger partial charge in [-0.1, -0.05) is 0 Å². The standard InChI is InChI=1S/C26H31NO7/c1-27-14-18(8-16-10-22(31-4)24(33-6)12-20(16)29-2)26(28)19(15-27)9-17-11-23(32-5)25(34-7)13-21(17)30-3/h8-13H,14-15H2,1-7H3/p+1/b18-8-,19-9+. The van der Waals surface area contributed by atoms with Crippen LogP contribution >= 0.6 is 0 Å². The Bertz CT molecular complexity index is 1040. The maximum atomic E-state index is 13.5. The second-order valence-electron chi connectivity index (χ2n) is 7.88. The minimum Gasteiger partial charge on any atom is -0.496 e. The van der Waals surface area contributed by atoms with Crippen molar-refractivity contribution in [3.05, 3.63) is 46.5 Å². The molecule has 0 bridgehead atoms. The fraction of sp³-hybridized carbons (Fsp3) is 0.346. The van der Waals surface area contributed by atoms with Gasteiger partial charge in [0.15, 0.2) is 28.8 Å². The number of hydrogen-bond acceptors (Lipinski definition) is 7. The molecule has 8 nitrogen and oxygen atoms in total. The fourth-order valence-electron chi connectivity index (χ4n) is 4.02. The number of rotatable bonds is 8. The van der Waals surface area contributed by atoms with Crippen molar-refractivity contribution < 1.29 is 38.1 Å². The smallest absolute Gasteiger partial charge is 0.196 e. The molecule has 1 aliphatic heterocycles. The van der Waals surface area contributed by atoms with Crippen LogP contribution in [-0.2, 0) is 4.79 Å². The van der Waals surface area contributed by atoms with Gasteiger partial charge in [-0.05, 0) is 24.3 Å². The summed E-state index contributed by atoms with van der Waals surface area (Å²) < 4.78 is 32.7. The molecule has 182 valence electrons. The molecule has 1 atom stereocenters. The number of benzene rings is 2. The molecule has 0 spiro atoms.